The minimum atomic E-state index is -0.494. The molecular weight excluding hydrogens is 465 g/mol. The number of aromatic nitrogens is 1. The Balaban J connectivity index is 0.00000261. The summed E-state index contributed by atoms with van der Waals surface area (Å²) < 4.78 is 33.2. The molecular formula is C19H25F2IN4O. The maximum absolute atomic E-state index is 13.9. The zero-order valence-corrected chi connectivity index (χ0v) is 18.0. The minimum Gasteiger partial charge on any atom is -0.361 e. The van der Waals surface area contributed by atoms with Gasteiger partial charge in [0.25, 0.3) is 0 Å². The van der Waals surface area contributed by atoms with E-state index in [2.05, 4.69) is 20.8 Å². The smallest absolute Gasteiger partial charge is 0.191 e. The third-order valence-electron chi connectivity index (χ3n) is 4.75. The molecule has 2 N–H and O–H groups in total. The van der Waals surface area contributed by atoms with Crippen LogP contribution in [0.4, 0.5) is 8.78 Å². The molecule has 1 fully saturated rings. The third-order valence-corrected chi connectivity index (χ3v) is 4.75. The van der Waals surface area contributed by atoms with Crippen molar-refractivity contribution in [2.75, 3.05) is 7.05 Å². The summed E-state index contributed by atoms with van der Waals surface area (Å²) in [6.45, 7) is 4.60. The lowest BCUT2D eigenvalue weighted by atomic mass is 10.1. The van der Waals surface area contributed by atoms with E-state index in [0.29, 0.717) is 18.9 Å². The molecule has 1 aliphatic rings. The summed E-state index contributed by atoms with van der Waals surface area (Å²) in [5.41, 5.74) is 2.13. The predicted molar refractivity (Wildman–Crippen MR) is 112 cm³/mol. The number of rotatable bonds is 6. The van der Waals surface area contributed by atoms with E-state index >= 15 is 0 Å². The molecule has 0 aliphatic heterocycles. The zero-order chi connectivity index (χ0) is 18.7. The first-order chi connectivity index (χ1) is 12.6. The fourth-order valence-corrected chi connectivity index (χ4v) is 3.22. The Hall–Kier alpha value is -1.71. The van der Waals surface area contributed by atoms with Gasteiger partial charge < -0.3 is 15.2 Å². The summed E-state index contributed by atoms with van der Waals surface area (Å²) in [5.74, 6) is 0.295. The summed E-state index contributed by atoms with van der Waals surface area (Å²) in [4.78, 5) is 4.21. The van der Waals surface area contributed by atoms with Crippen LogP contribution in [0, 0.1) is 11.6 Å². The van der Waals surface area contributed by atoms with Gasteiger partial charge in [-0.2, -0.15) is 0 Å². The summed E-state index contributed by atoms with van der Waals surface area (Å²) in [6, 6.07) is 3.94. The van der Waals surface area contributed by atoms with Crippen LogP contribution >= 0.6 is 24.0 Å². The van der Waals surface area contributed by atoms with Crippen LogP contribution in [0.2, 0.25) is 0 Å². The number of benzene rings is 1. The summed E-state index contributed by atoms with van der Waals surface area (Å²) in [5, 5.41) is 10.6. The zero-order valence-electron chi connectivity index (χ0n) is 15.7. The molecule has 3 rings (SSSR count). The summed E-state index contributed by atoms with van der Waals surface area (Å²) >= 11 is 0. The van der Waals surface area contributed by atoms with E-state index < -0.39 is 11.6 Å². The lowest BCUT2D eigenvalue weighted by Gasteiger charge is -2.12. The molecule has 0 saturated heterocycles. The Labute approximate surface area is 175 Å². The fraction of sp³-hybridized carbons (Fsp3) is 0.474. The van der Waals surface area contributed by atoms with E-state index in [4.69, 9.17) is 4.52 Å². The molecule has 148 valence electrons. The molecule has 1 aromatic heterocycles. The molecule has 8 heteroatoms. The van der Waals surface area contributed by atoms with Crippen LogP contribution in [0.1, 0.15) is 48.8 Å². The van der Waals surface area contributed by atoms with Crippen molar-refractivity contribution in [3.05, 3.63) is 52.4 Å². The first kappa shape index (κ1) is 21.6. The second-order valence-electron chi connectivity index (χ2n) is 6.39. The van der Waals surface area contributed by atoms with Crippen LogP contribution in [0.5, 0.6) is 0 Å². The fourth-order valence-electron chi connectivity index (χ4n) is 3.22. The average molecular weight is 490 g/mol. The van der Waals surface area contributed by atoms with Gasteiger partial charge in [-0.05, 0) is 25.0 Å². The number of hydrogen-bond donors (Lipinski definition) is 2. The van der Waals surface area contributed by atoms with Crippen molar-refractivity contribution in [1.82, 2.24) is 15.8 Å². The molecule has 1 aliphatic carbocycles. The van der Waals surface area contributed by atoms with Crippen LogP contribution in [-0.4, -0.2) is 24.2 Å². The van der Waals surface area contributed by atoms with Gasteiger partial charge in [-0.25, -0.2) is 8.78 Å². The summed E-state index contributed by atoms with van der Waals surface area (Å²) in [6.07, 6.45) is 2.24. The molecule has 1 heterocycles. The van der Waals surface area contributed by atoms with Gasteiger partial charge in [0.2, 0.25) is 0 Å². The standard InChI is InChI=1S/C19H24F2N4O.HI/c1-4-15-12(17(5-2)26-25-15)10-23-19(22-3)24-16-9-11(16)18-13(20)7-6-8-14(18)21;/h6-8,11,16H,4-5,9-10H2,1-3H3,(H2,22,23,24);1H. The van der Waals surface area contributed by atoms with Crippen molar-refractivity contribution < 1.29 is 13.3 Å². The highest BCUT2D eigenvalue weighted by Gasteiger charge is 2.42. The van der Waals surface area contributed by atoms with Gasteiger partial charge in [0, 0.05) is 43.1 Å². The number of hydrogen-bond acceptors (Lipinski definition) is 3. The molecule has 1 aromatic carbocycles. The second-order valence-corrected chi connectivity index (χ2v) is 6.39. The van der Waals surface area contributed by atoms with Gasteiger partial charge in [0.1, 0.15) is 17.4 Å². The quantitative estimate of drug-likeness (QED) is 0.366. The Morgan fingerprint density at radius 2 is 1.96 bits per heavy atom. The van der Waals surface area contributed by atoms with Crippen LogP contribution < -0.4 is 10.6 Å². The van der Waals surface area contributed by atoms with Gasteiger partial charge in [0.05, 0.1) is 5.69 Å². The SMILES string of the molecule is CCc1noc(CC)c1CNC(=NC)NC1CC1c1c(F)cccc1F.I. The number of nitrogens with zero attached hydrogens (tertiary/aromatic N) is 2. The van der Waals surface area contributed by atoms with Crippen molar-refractivity contribution in [2.24, 2.45) is 4.99 Å². The number of guanidine groups is 1. The molecule has 2 unspecified atom stereocenters. The van der Waals surface area contributed by atoms with Crippen LogP contribution in [-0.2, 0) is 19.4 Å². The van der Waals surface area contributed by atoms with Crippen LogP contribution in [0.25, 0.3) is 0 Å². The predicted octanol–water partition coefficient (Wildman–Crippen LogP) is 3.92. The van der Waals surface area contributed by atoms with Crippen molar-refractivity contribution >= 4 is 29.9 Å². The molecule has 0 spiro atoms. The second kappa shape index (κ2) is 9.48. The van der Waals surface area contributed by atoms with Crippen LogP contribution in [0.3, 0.4) is 0 Å². The highest BCUT2D eigenvalue weighted by Crippen LogP contribution is 2.43. The van der Waals surface area contributed by atoms with E-state index in [9.17, 15) is 8.78 Å². The lowest BCUT2D eigenvalue weighted by molar-refractivity contribution is 0.380. The van der Waals surface area contributed by atoms with Gasteiger partial charge in [-0.1, -0.05) is 25.1 Å². The van der Waals surface area contributed by atoms with Gasteiger partial charge in [-0.3, -0.25) is 4.99 Å². The molecule has 5 nitrogen and oxygen atoms in total. The molecule has 27 heavy (non-hydrogen) atoms. The maximum atomic E-state index is 13.9. The van der Waals surface area contributed by atoms with E-state index in [1.807, 2.05) is 13.8 Å². The third kappa shape index (κ3) is 4.77. The Morgan fingerprint density at radius 1 is 1.26 bits per heavy atom. The van der Waals surface area contributed by atoms with Crippen molar-refractivity contribution in [3.63, 3.8) is 0 Å². The van der Waals surface area contributed by atoms with E-state index in [0.717, 1.165) is 29.9 Å². The van der Waals surface area contributed by atoms with E-state index in [-0.39, 0.29) is 41.5 Å². The van der Waals surface area contributed by atoms with Gasteiger partial charge in [-0.15, -0.1) is 24.0 Å². The highest BCUT2D eigenvalue weighted by molar-refractivity contribution is 14.0. The van der Waals surface area contributed by atoms with Gasteiger partial charge >= 0.3 is 0 Å². The molecule has 2 atom stereocenters. The number of aryl methyl sites for hydroxylation is 2. The molecule has 0 radical (unpaired) electrons. The Bertz CT molecular complexity index is 767. The van der Waals surface area contributed by atoms with Crippen molar-refractivity contribution in [2.45, 2.75) is 51.6 Å². The van der Waals surface area contributed by atoms with E-state index in [1.165, 1.54) is 18.2 Å². The normalized spacial score (nSPS) is 18.8. The first-order valence-electron chi connectivity index (χ1n) is 8.96. The monoisotopic (exact) mass is 490 g/mol. The molecule has 0 amide bonds. The highest BCUT2D eigenvalue weighted by atomic mass is 127. The largest absolute Gasteiger partial charge is 0.361 e. The first-order valence-corrected chi connectivity index (χ1v) is 8.96. The van der Waals surface area contributed by atoms with Crippen molar-refractivity contribution in [1.29, 1.82) is 0 Å². The van der Waals surface area contributed by atoms with E-state index in [1.54, 1.807) is 7.05 Å². The Kier molecular flexibility index (Phi) is 7.58. The molecule has 0 bridgehead atoms. The number of halogens is 3. The van der Waals surface area contributed by atoms with Crippen molar-refractivity contribution in [3.8, 4) is 0 Å². The minimum absolute atomic E-state index is 0. The van der Waals surface area contributed by atoms with Gasteiger partial charge in [0.15, 0.2) is 5.96 Å². The van der Waals surface area contributed by atoms with Crippen LogP contribution in [0.15, 0.2) is 27.7 Å². The number of nitrogens with one attached hydrogen (secondary N) is 2. The average Bonchev–Trinajstić information content (AvgIpc) is 3.26. The Morgan fingerprint density at radius 3 is 2.56 bits per heavy atom. The lowest BCUT2D eigenvalue weighted by Crippen LogP contribution is -2.38. The molecule has 2 aromatic rings. The maximum Gasteiger partial charge on any atom is 0.191 e. The molecule has 1 saturated carbocycles. The summed E-state index contributed by atoms with van der Waals surface area (Å²) in [7, 11) is 1.67. The topological polar surface area (TPSA) is 62.5 Å². The number of aliphatic imine (C=N–C) groups is 1.